The molecule has 1 aliphatic heterocycles. The number of esters is 1. The highest BCUT2D eigenvalue weighted by Crippen LogP contribution is 2.28. The molecule has 3 rings (SSSR count). The van der Waals surface area contributed by atoms with Crippen LogP contribution >= 0.6 is 23.8 Å². The molecule has 1 heterocycles. The van der Waals surface area contributed by atoms with Gasteiger partial charge in [0, 0.05) is 17.3 Å². The Labute approximate surface area is 196 Å². The van der Waals surface area contributed by atoms with E-state index >= 15 is 0 Å². The first-order chi connectivity index (χ1) is 15.3. The van der Waals surface area contributed by atoms with Crippen LogP contribution < -0.4 is 10.2 Å². The molecule has 9 heteroatoms. The van der Waals surface area contributed by atoms with Gasteiger partial charge < -0.3 is 15.0 Å². The van der Waals surface area contributed by atoms with Crippen LogP contribution in [0.3, 0.4) is 0 Å². The van der Waals surface area contributed by atoms with Gasteiger partial charge in [0.25, 0.3) is 5.91 Å². The number of anilines is 2. The van der Waals surface area contributed by atoms with Crippen LogP contribution in [0.4, 0.5) is 11.4 Å². The van der Waals surface area contributed by atoms with Crippen LogP contribution in [-0.2, 0) is 14.3 Å². The molecule has 2 aromatic carbocycles. The van der Waals surface area contributed by atoms with E-state index in [1.807, 2.05) is 0 Å². The van der Waals surface area contributed by atoms with Gasteiger partial charge in [0.15, 0.2) is 5.11 Å². The molecule has 0 aliphatic carbocycles. The minimum Gasteiger partial charge on any atom is -0.462 e. The van der Waals surface area contributed by atoms with Gasteiger partial charge in [0.05, 0.1) is 24.3 Å². The summed E-state index contributed by atoms with van der Waals surface area (Å²) in [5.41, 5.74) is 1.41. The predicted molar refractivity (Wildman–Crippen MR) is 128 cm³/mol. The summed E-state index contributed by atoms with van der Waals surface area (Å²) in [4.78, 5) is 40.8. The second-order valence-electron chi connectivity index (χ2n) is 6.94. The average Bonchev–Trinajstić information content (AvgIpc) is 2.98. The monoisotopic (exact) mass is 471 g/mol. The van der Waals surface area contributed by atoms with Crippen LogP contribution in [0.25, 0.3) is 0 Å². The Morgan fingerprint density at radius 3 is 2.59 bits per heavy atom. The number of hydrogen-bond donors (Lipinski definition) is 1. The summed E-state index contributed by atoms with van der Waals surface area (Å²) in [6.45, 7) is 6.02. The van der Waals surface area contributed by atoms with Gasteiger partial charge in [0.2, 0.25) is 5.91 Å². The number of carbonyl (C=O) groups is 3. The van der Waals surface area contributed by atoms with E-state index < -0.39 is 12.0 Å². The Kier molecular flexibility index (Phi) is 7.61. The molecule has 1 fully saturated rings. The molecule has 1 saturated heterocycles. The maximum absolute atomic E-state index is 13.2. The molecule has 0 saturated carbocycles. The third kappa shape index (κ3) is 5.15. The van der Waals surface area contributed by atoms with Crippen molar-refractivity contribution in [3.8, 4) is 0 Å². The van der Waals surface area contributed by atoms with Crippen LogP contribution in [0, 0.1) is 0 Å². The summed E-state index contributed by atoms with van der Waals surface area (Å²) >= 11 is 11.5. The molecule has 0 radical (unpaired) electrons. The second kappa shape index (κ2) is 10.4. The van der Waals surface area contributed by atoms with Crippen LogP contribution in [0.2, 0.25) is 5.02 Å². The Bertz CT molecular complexity index is 1060. The highest BCUT2D eigenvalue weighted by Gasteiger charge is 2.43. The first kappa shape index (κ1) is 23.4. The highest BCUT2D eigenvalue weighted by atomic mass is 35.5. The largest absolute Gasteiger partial charge is 0.462 e. The quantitative estimate of drug-likeness (QED) is 0.355. The third-order valence-corrected chi connectivity index (χ3v) is 5.42. The van der Waals surface area contributed by atoms with Gasteiger partial charge >= 0.3 is 5.97 Å². The van der Waals surface area contributed by atoms with Gasteiger partial charge in [0.1, 0.15) is 6.04 Å². The summed E-state index contributed by atoms with van der Waals surface area (Å²) < 4.78 is 4.98. The minimum absolute atomic E-state index is 0.100. The molecule has 166 valence electrons. The van der Waals surface area contributed by atoms with E-state index in [4.69, 9.17) is 28.6 Å². The number of amides is 2. The molecule has 2 amide bonds. The van der Waals surface area contributed by atoms with Gasteiger partial charge in [-0.2, -0.15) is 0 Å². The van der Waals surface area contributed by atoms with Crippen LogP contribution in [-0.4, -0.2) is 47.0 Å². The maximum atomic E-state index is 13.2. The third-order valence-electron chi connectivity index (χ3n) is 4.77. The summed E-state index contributed by atoms with van der Waals surface area (Å²) in [5, 5.41) is 3.51. The standard InChI is InChI=1S/C23H22ClN3O4S/c1-3-12-26-19(14-20(28)25-17-7-5-6-16(24)13-17)21(29)27(23(26)32)18-10-8-15(9-11-18)22(30)31-4-2/h3,5-11,13,19H,1,4,12,14H2,2H3,(H,25,28)/t19-/m0/s1. The highest BCUT2D eigenvalue weighted by molar-refractivity contribution is 7.80. The molecule has 2 aromatic rings. The van der Waals surface area contributed by atoms with E-state index in [0.717, 1.165) is 0 Å². The van der Waals surface area contributed by atoms with E-state index in [1.165, 1.54) is 4.90 Å². The lowest BCUT2D eigenvalue weighted by molar-refractivity contribution is -0.124. The number of nitrogens with zero attached hydrogens (tertiary/aromatic N) is 2. The van der Waals surface area contributed by atoms with Crippen molar-refractivity contribution in [2.45, 2.75) is 19.4 Å². The molecule has 32 heavy (non-hydrogen) atoms. The van der Waals surface area contributed by atoms with Gasteiger partial charge in [-0.3, -0.25) is 14.5 Å². The van der Waals surface area contributed by atoms with Crippen LogP contribution in [0.1, 0.15) is 23.7 Å². The first-order valence-corrected chi connectivity index (χ1v) is 10.7. The molecule has 0 bridgehead atoms. The van der Waals surface area contributed by atoms with E-state index in [0.29, 0.717) is 28.5 Å². The van der Waals surface area contributed by atoms with E-state index in [-0.39, 0.29) is 30.0 Å². The van der Waals surface area contributed by atoms with Crippen molar-refractivity contribution in [2.24, 2.45) is 0 Å². The second-order valence-corrected chi connectivity index (χ2v) is 7.74. The number of benzene rings is 2. The fourth-order valence-electron chi connectivity index (χ4n) is 3.33. The molecular formula is C23H22ClN3O4S. The molecule has 1 aliphatic rings. The van der Waals surface area contributed by atoms with Crippen molar-refractivity contribution < 1.29 is 19.1 Å². The van der Waals surface area contributed by atoms with Crippen molar-refractivity contribution in [2.75, 3.05) is 23.4 Å². The Morgan fingerprint density at radius 2 is 1.97 bits per heavy atom. The zero-order valence-corrected chi connectivity index (χ0v) is 19.0. The maximum Gasteiger partial charge on any atom is 0.338 e. The lowest BCUT2D eigenvalue weighted by atomic mass is 10.1. The van der Waals surface area contributed by atoms with Gasteiger partial charge in [-0.05, 0) is 61.6 Å². The lowest BCUT2D eigenvalue weighted by Gasteiger charge is -2.22. The van der Waals surface area contributed by atoms with Crippen LogP contribution in [0.5, 0.6) is 0 Å². The number of carbonyl (C=O) groups excluding carboxylic acids is 3. The van der Waals surface area contributed by atoms with Gasteiger partial charge in [-0.1, -0.05) is 23.7 Å². The minimum atomic E-state index is -0.788. The average molecular weight is 472 g/mol. The topological polar surface area (TPSA) is 79.0 Å². The number of ether oxygens (including phenoxy) is 1. The summed E-state index contributed by atoms with van der Waals surface area (Å²) in [6, 6.07) is 12.4. The van der Waals surface area contributed by atoms with Crippen molar-refractivity contribution in [1.29, 1.82) is 0 Å². The van der Waals surface area contributed by atoms with Crippen molar-refractivity contribution >= 4 is 58.1 Å². The number of hydrogen-bond acceptors (Lipinski definition) is 5. The molecule has 1 N–H and O–H groups in total. The number of thiocarbonyl (C=S) groups is 1. The SMILES string of the molecule is C=CCN1C(=S)N(c2ccc(C(=O)OCC)cc2)C(=O)[C@@H]1CC(=O)Nc1cccc(Cl)c1. The van der Waals surface area contributed by atoms with Crippen molar-refractivity contribution in [1.82, 2.24) is 4.90 Å². The number of halogens is 1. The number of rotatable bonds is 8. The fraction of sp³-hybridized carbons (Fsp3) is 0.217. The van der Waals surface area contributed by atoms with E-state index in [1.54, 1.807) is 66.4 Å². The van der Waals surface area contributed by atoms with Crippen molar-refractivity contribution in [3.05, 3.63) is 71.8 Å². The molecule has 7 nitrogen and oxygen atoms in total. The zero-order chi connectivity index (χ0) is 23.3. The number of nitrogens with one attached hydrogen (secondary N) is 1. The van der Waals surface area contributed by atoms with E-state index in [9.17, 15) is 14.4 Å². The fourth-order valence-corrected chi connectivity index (χ4v) is 3.92. The molecule has 0 aromatic heterocycles. The summed E-state index contributed by atoms with van der Waals surface area (Å²) in [7, 11) is 0. The molecule has 0 spiro atoms. The predicted octanol–water partition coefficient (Wildman–Crippen LogP) is 4.03. The Hall–Kier alpha value is -3.23. The van der Waals surface area contributed by atoms with Crippen molar-refractivity contribution in [3.63, 3.8) is 0 Å². The first-order valence-electron chi connectivity index (χ1n) is 9.93. The Balaban J connectivity index is 1.79. The van der Waals surface area contributed by atoms with E-state index in [2.05, 4.69) is 11.9 Å². The zero-order valence-electron chi connectivity index (χ0n) is 17.4. The summed E-state index contributed by atoms with van der Waals surface area (Å²) in [5.74, 6) is -1.12. The smallest absolute Gasteiger partial charge is 0.338 e. The normalized spacial score (nSPS) is 15.6. The lowest BCUT2D eigenvalue weighted by Crippen LogP contribution is -2.37. The molecule has 1 atom stereocenters. The van der Waals surface area contributed by atoms with Crippen LogP contribution in [0.15, 0.2) is 61.2 Å². The Morgan fingerprint density at radius 1 is 1.25 bits per heavy atom. The van der Waals surface area contributed by atoms with Gasteiger partial charge in [-0.25, -0.2) is 4.79 Å². The summed E-state index contributed by atoms with van der Waals surface area (Å²) in [6.07, 6.45) is 1.52. The molecule has 0 unspecified atom stereocenters. The van der Waals surface area contributed by atoms with Gasteiger partial charge in [-0.15, -0.1) is 6.58 Å². The molecular weight excluding hydrogens is 450 g/mol.